The van der Waals surface area contributed by atoms with Crippen LogP contribution in [0.3, 0.4) is 0 Å². The first kappa shape index (κ1) is 44.0. The Bertz CT molecular complexity index is 2420. The van der Waals surface area contributed by atoms with E-state index >= 15 is 4.79 Å². The number of carboxylic acids is 1. The zero-order chi connectivity index (χ0) is 44.8. The highest BCUT2D eigenvalue weighted by Crippen LogP contribution is 2.66. The molecule has 2 amide bonds. The number of carbonyl (C=O) groups is 6. The molecule has 3 aliphatic heterocycles. The summed E-state index contributed by atoms with van der Waals surface area (Å²) < 4.78 is 32.1. The maximum Gasteiger partial charge on any atom is 0.421 e. The van der Waals surface area contributed by atoms with Crippen LogP contribution in [-0.4, -0.2) is 105 Å². The van der Waals surface area contributed by atoms with Gasteiger partial charge in [-0.25, -0.2) is 9.69 Å². The summed E-state index contributed by atoms with van der Waals surface area (Å²) in [4.78, 5) is 86.3. The molecule has 16 heteroatoms. The minimum atomic E-state index is -2.27. The van der Waals surface area contributed by atoms with E-state index < -0.39 is 77.4 Å². The first-order valence-corrected chi connectivity index (χ1v) is 20.0. The predicted molar refractivity (Wildman–Crippen MR) is 221 cm³/mol. The number of carboxylic acid groups (broad SMARTS) is 1. The average molecular weight is 861 g/mol. The van der Waals surface area contributed by atoms with Gasteiger partial charge in [0.25, 0.3) is 0 Å². The van der Waals surface area contributed by atoms with Gasteiger partial charge in [-0.1, -0.05) is 84.6 Å². The maximum atomic E-state index is 15.8. The molecule has 6 atom stereocenters. The highest BCUT2D eigenvalue weighted by molar-refractivity contribution is 6.23. The monoisotopic (exact) mass is 860 g/mol. The summed E-state index contributed by atoms with van der Waals surface area (Å²) in [5.41, 5.74) is -0.392. The normalized spacial score (nSPS) is 22.4. The first-order valence-electron chi connectivity index (χ1n) is 20.0. The number of morpholine rings is 1. The second kappa shape index (κ2) is 18.9. The molecule has 63 heavy (non-hydrogen) atoms. The van der Waals surface area contributed by atoms with Gasteiger partial charge >= 0.3 is 30.0 Å². The van der Waals surface area contributed by atoms with Crippen LogP contribution in [0.1, 0.15) is 52.4 Å². The molecule has 2 saturated heterocycles. The molecule has 1 spiro atoms. The number of rotatable bonds is 13. The van der Waals surface area contributed by atoms with Gasteiger partial charge in [-0.15, -0.1) is 0 Å². The zero-order valence-electron chi connectivity index (χ0n) is 34.5. The Morgan fingerprint density at radius 1 is 0.794 bits per heavy atom. The predicted octanol–water partition coefficient (Wildman–Crippen LogP) is 4.29. The van der Waals surface area contributed by atoms with Crippen LogP contribution in [0.5, 0.6) is 5.75 Å². The Morgan fingerprint density at radius 3 is 2.05 bits per heavy atom. The van der Waals surface area contributed by atoms with E-state index in [-0.39, 0.29) is 49.7 Å². The van der Waals surface area contributed by atoms with Gasteiger partial charge in [0.1, 0.15) is 42.4 Å². The standard InChI is InChI=1S/C47H44N2O14/c1-58-25-26-62-46(57)48-35-22-17-28(11-10-16-33(42(53)59-2)43(54)60-3)27-34(35)47(45(48)56)36(41(51)52)38-44(55)63-39(30-14-8-5-9-15-30)37(29-12-6-4-7-13-29)49(38)40(47)31-18-20-32(21-19-31)61-24-23-50/h4-9,12-15,17-22,27,33,36-40,50H,16,23-26H2,1-3H3,(H,51,52)/t36-,37-,38-,39+,40+,47-/m0/s1. The van der Waals surface area contributed by atoms with E-state index in [1.165, 1.54) is 25.3 Å². The van der Waals surface area contributed by atoms with Crippen molar-refractivity contribution in [1.82, 2.24) is 4.90 Å². The Kier molecular flexibility index (Phi) is 13.2. The molecule has 0 bridgehead atoms. The van der Waals surface area contributed by atoms with Crippen molar-refractivity contribution in [2.24, 2.45) is 11.8 Å². The number of ether oxygens (including phenoxy) is 6. The third-order valence-corrected chi connectivity index (χ3v) is 11.5. The van der Waals surface area contributed by atoms with Crippen LogP contribution in [-0.2, 0) is 53.1 Å². The van der Waals surface area contributed by atoms with E-state index in [0.29, 0.717) is 22.4 Å². The van der Waals surface area contributed by atoms with Crippen LogP contribution in [0.25, 0.3) is 0 Å². The van der Waals surface area contributed by atoms with Crippen LogP contribution in [0.15, 0.2) is 103 Å². The number of esters is 3. The van der Waals surface area contributed by atoms with Gasteiger partial charge in [0.05, 0.1) is 45.2 Å². The molecule has 2 fully saturated rings. The Morgan fingerprint density at radius 2 is 1.44 bits per heavy atom. The number of benzene rings is 4. The summed E-state index contributed by atoms with van der Waals surface area (Å²) in [6.07, 6.45) is -2.43. The molecular formula is C47H44N2O14. The molecule has 4 aromatic rings. The summed E-state index contributed by atoms with van der Waals surface area (Å²) in [5.74, 6) is -2.33. The lowest BCUT2D eigenvalue weighted by Crippen LogP contribution is -2.53. The fraction of sp³-hybridized carbons (Fsp3) is 0.319. The average Bonchev–Trinajstić information content (AvgIpc) is 3.76. The number of hydrogen-bond donors (Lipinski definition) is 2. The number of fused-ring (bicyclic) bond motifs is 3. The van der Waals surface area contributed by atoms with E-state index in [2.05, 4.69) is 11.8 Å². The molecule has 3 aliphatic rings. The molecule has 0 aliphatic carbocycles. The lowest BCUT2D eigenvalue weighted by Gasteiger charge is -2.46. The van der Waals surface area contributed by atoms with E-state index in [0.717, 1.165) is 19.1 Å². The van der Waals surface area contributed by atoms with Gasteiger partial charge in [-0.3, -0.25) is 28.9 Å². The number of methoxy groups -OCH3 is 3. The lowest BCUT2D eigenvalue weighted by molar-refractivity contribution is -0.179. The number of hydrogen-bond acceptors (Lipinski definition) is 14. The van der Waals surface area contributed by atoms with Gasteiger partial charge in [-0.2, -0.15) is 0 Å². The number of imide groups is 1. The van der Waals surface area contributed by atoms with Gasteiger partial charge in [0.15, 0.2) is 5.92 Å². The summed E-state index contributed by atoms with van der Waals surface area (Å²) in [5, 5.41) is 21.0. The van der Waals surface area contributed by atoms with Crippen molar-refractivity contribution in [3.8, 4) is 17.6 Å². The van der Waals surface area contributed by atoms with Gasteiger partial charge < -0.3 is 38.6 Å². The topological polar surface area (TPSA) is 205 Å². The second-order valence-corrected chi connectivity index (χ2v) is 14.8. The summed E-state index contributed by atoms with van der Waals surface area (Å²) in [7, 11) is 3.65. The van der Waals surface area contributed by atoms with Crippen LogP contribution in [0, 0.1) is 23.7 Å². The molecule has 0 saturated carbocycles. The van der Waals surface area contributed by atoms with E-state index in [9.17, 15) is 34.2 Å². The summed E-state index contributed by atoms with van der Waals surface area (Å²) >= 11 is 0. The van der Waals surface area contributed by atoms with E-state index in [1.54, 1.807) is 65.6 Å². The van der Waals surface area contributed by atoms with Crippen LogP contribution in [0.4, 0.5) is 10.5 Å². The zero-order valence-corrected chi connectivity index (χ0v) is 34.5. The van der Waals surface area contributed by atoms with Crippen molar-refractivity contribution in [3.63, 3.8) is 0 Å². The minimum Gasteiger partial charge on any atom is -0.491 e. The molecule has 0 unspecified atom stereocenters. The third-order valence-electron chi connectivity index (χ3n) is 11.5. The number of carbonyl (C=O) groups excluding carboxylic acids is 5. The van der Waals surface area contributed by atoms with Gasteiger partial charge in [0, 0.05) is 19.1 Å². The van der Waals surface area contributed by atoms with Crippen LogP contribution < -0.4 is 9.64 Å². The lowest BCUT2D eigenvalue weighted by atomic mass is 9.65. The third kappa shape index (κ3) is 7.98. The number of anilines is 1. The van der Waals surface area contributed by atoms with E-state index in [1.807, 2.05) is 24.3 Å². The number of cyclic esters (lactones) is 1. The number of aliphatic carboxylic acids is 1. The number of aliphatic hydroxyl groups excluding tert-OH is 1. The van der Waals surface area contributed by atoms with Gasteiger partial charge in [0.2, 0.25) is 5.91 Å². The van der Waals surface area contributed by atoms with Crippen molar-refractivity contribution in [1.29, 1.82) is 0 Å². The molecule has 3 heterocycles. The summed E-state index contributed by atoms with van der Waals surface area (Å²) in [6, 6.07) is 25.1. The SMILES string of the molecule is COCCOC(=O)N1C(=O)[C@@]2(c3cc(C#CCC(C(=O)OC)C(=O)OC)ccc31)[C@H](C(=O)O)[C@H]1C(=O)O[C@H](c3ccccc3)[C@H](c3ccccc3)N1[C@@H]2c1ccc(OCCO)cc1. The van der Waals surface area contributed by atoms with Crippen LogP contribution in [0.2, 0.25) is 0 Å². The van der Waals surface area contributed by atoms with Crippen molar-refractivity contribution < 1.29 is 67.4 Å². The summed E-state index contributed by atoms with van der Waals surface area (Å²) in [6.45, 7) is -0.531. The van der Waals surface area contributed by atoms with Crippen molar-refractivity contribution in [2.45, 2.75) is 36.1 Å². The Hall–Kier alpha value is -7.06. The van der Waals surface area contributed by atoms with Crippen molar-refractivity contribution in [3.05, 3.63) is 131 Å². The molecular weight excluding hydrogens is 817 g/mol. The number of nitrogens with zero attached hydrogens (tertiary/aromatic N) is 2. The fourth-order valence-electron chi connectivity index (χ4n) is 8.93. The molecule has 7 rings (SSSR count). The molecule has 2 N–H and O–H groups in total. The molecule has 0 aromatic heterocycles. The molecule has 4 aromatic carbocycles. The Balaban J connectivity index is 1.51. The van der Waals surface area contributed by atoms with Crippen molar-refractivity contribution >= 4 is 41.6 Å². The smallest absolute Gasteiger partial charge is 0.421 e. The highest BCUT2D eigenvalue weighted by Gasteiger charge is 2.76. The second-order valence-electron chi connectivity index (χ2n) is 14.8. The quantitative estimate of drug-likeness (QED) is 0.0633. The molecule has 16 nitrogen and oxygen atoms in total. The van der Waals surface area contributed by atoms with Crippen molar-refractivity contribution in [2.75, 3.05) is 52.7 Å². The fourth-order valence-corrected chi connectivity index (χ4v) is 8.93. The largest absolute Gasteiger partial charge is 0.491 e. The Labute approximate surface area is 362 Å². The number of aliphatic hydroxyl groups is 1. The maximum absolute atomic E-state index is 15.8. The number of amides is 2. The highest BCUT2D eigenvalue weighted by atomic mass is 16.6. The molecule has 0 radical (unpaired) electrons. The first-order chi connectivity index (χ1) is 30.5. The minimum absolute atomic E-state index is 0.00909. The van der Waals surface area contributed by atoms with Crippen LogP contribution >= 0.6 is 0 Å². The van der Waals surface area contributed by atoms with Gasteiger partial charge in [-0.05, 0) is 52.6 Å². The van der Waals surface area contributed by atoms with E-state index in [4.69, 9.17) is 28.4 Å². The molecule has 326 valence electrons.